The van der Waals surface area contributed by atoms with E-state index >= 15 is 0 Å². The zero-order valence-electron chi connectivity index (χ0n) is 44.9. The highest BCUT2D eigenvalue weighted by Crippen LogP contribution is 2.39. The molecule has 1 heterocycles. The summed E-state index contributed by atoms with van der Waals surface area (Å²) in [6, 6.07) is 0.850. The van der Waals surface area contributed by atoms with E-state index in [1.165, 1.54) is 0 Å². The summed E-state index contributed by atoms with van der Waals surface area (Å²) in [4.78, 5) is 0. The first-order valence-electron chi connectivity index (χ1n) is 22.6. The van der Waals surface area contributed by atoms with Crippen LogP contribution in [0, 0.1) is 0 Å². The highest BCUT2D eigenvalue weighted by Gasteiger charge is 2.52. The summed E-state index contributed by atoms with van der Waals surface area (Å²) in [6.07, 6.45) is 1.15. The van der Waals surface area contributed by atoms with Gasteiger partial charge < -0.3 is 58.9 Å². The minimum Gasteiger partial charge on any atom is -0.439 e. The molecule has 1 aliphatic rings. The second-order valence-electron chi connectivity index (χ2n) is 23.3. The fourth-order valence-electron chi connectivity index (χ4n) is 8.33. The Balaban J connectivity index is 2.93. The highest BCUT2D eigenvalue weighted by atomic mass is 28.5. The Morgan fingerprint density at radius 3 is 0.935 bits per heavy atom. The average molecular weight is 1110 g/mol. The minimum atomic E-state index is -2.77. The topological polar surface area (TPSA) is 133 Å². The summed E-state index contributed by atoms with van der Waals surface area (Å²) in [5.74, 6) is 0. The van der Waals surface area contributed by atoms with E-state index in [9.17, 15) is 0 Å². The molecule has 0 aromatic carbocycles. The lowest BCUT2D eigenvalue weighted by Gasteiger charge is -2.46. The van der Waals surface area contributed by atoms with Crippen LogP contribution in [0.3, 0.4) is 0 Å². The molecule has 0 saturated carbocycles. The predicted molar refractivity (Wildman–Crippen MR) is 286 cm³/mol. The molecule has 0 aromatic heterocycles. The Bertz CT molecular complexity index is 1410. The normalized spacial score (nSPS) is 18.4. The third kappa shape index (κ3) is 26.3. The number of rotatable bonds is 30. The summed E-state index contributed by atoms with van der Waals surface area (Å²) in [7, 11) is -32.9. The van der Waals surface area contributed by atoms with Crippen molar-refractivity contribution in [1.29, 1.82) is 0 Å². The fraction of sp³-hybridized carbons (Fsp3) is 1.00. The van der Waals surface area contributed by atoms with E-state index in [1.807, 2.05) is 0 Å². The molecule has 1 rings (SSSR count). The first-order chi connectivity index (χ1) is 27.0. The fourth-order valence-corrected chi connectivity index (χ4v) is 72.9. The van der Waals surface area contributed by atoms with Gasteiger partial charge in [-0.05, 0) is 181 Å². The van der Waals surface area contributed by atoms with Gasteiger partial charge in [0, 0.05) is 6.61 Å². The van der Waals surface area contributed by atoms with Gasteiger partial charge in [-0.3, -0.25) is 0 Å². The second-order valence-corrected chi connectivity index (χ2v) is 70.6. The van der Waals surface area contributed by atoms with Gasteiger partial charge in [0.05, 0.1) is 13.2 Å². The van der Waals surface area contributed by atoms with E-state index in [0.29, 0.717) is 13.2 Å². The van der Waals surface area contributed by atoms with Crippen LogP contribution in [0.2, 0.25) is 175 Å². The van der Waals surface area contributed by atoms with Crippen LogP contribution in [0.1, 0.15) is 27.2 Å². The quantitative estimate of drug-likeness (QED) is 0.0384. The first-order valence-corrected chi connectivity index (χ1v) is 59.0. The van der Waals surface area contributed by atoms with Gasteiger partial charge in [0.2, 0.25) is 0 Å². The molecule has 1 aliphatic heterocycles. The minimum absolute atomic E-state index is 0.0934. The van der Waals surface area contributed by atoms with E-state index in [-0.39, 0.29) is 11.1 Å². The van der Waals surface area contributed by atoms with Crippen LogP contribution in [0.5, 0.6) is 0 Å². The predicted octanol–water partition coefficient (Wildman–Crippen LogP) is 11.1. The number of ether oxygens (including phenoxy) is 2. The van der Waals surface area contributed by atoms with Crippen LogP contribution in [-0.4, -0.2) is 137 Å². The highest BCUT2D eigenvalue weighted by molar-refractivity contribution is 6.94. The summed E-state index contributed by atoms with van der Waals surface area (Å²) < 4.78 is 93.2. The lowest BCUT2D eigenvalue weighted by atomic mass is 10.2. The molecule has 0 amide bonds. The van der Waals surface area contributed by atoms with E-state index in [0.717, 1.165) is 19.1 Å². The van der Waals surface area contributed by atoms with Crippen LogP contribution in [0.25, 0.3) is 0 Å². The molecule has 0 radical (unpaired) electrons. The Hall–Kier alpha value is 2.26. The number of hydrogen-bond acceptors (Lipinski definition) is 14. The summed E-state index contributed by atoms with van der Waals surface area (Å²) in [5.41, 5.74) is 0. The Morgan fingerprint density at radius 1 is 0.435 bits per heavy atom. The van der Waals surface area contributed by atoms with Gasteiger partial charge >= 0.3 is 94.2 Å². The van der Waals surface area contributed by atoms with Crippen molar-refractivity contribution >= 4 is 112 Å². The van der Waals surface area contributed by atoms with Gasteiger partial charge in [0.15, 0.2) is 17.4 Å². The monoisotopic (exact) mass is 1100 g/mol. The van der Waals surface area contributed by atoms with Crippen molar-refractivity contribution in [3.05, 3.63) is 0 Å². The molecule has 0 bridgehead atoms. The molecule has 0 aromatic rings. The van der Waals surface area contributed by atoms with Crippen molar-refractivity contribution in [1.82, 2.24) is 0 Å². The summed E-state index contributed by atoms with van der Waals surface area (Å²) in [5, 5.41) is 0.0934. The van der Waals surface area contributed by atoms with Gasteiger partial charge in [0.1, 0.15) is 6.10 Å². The van der Waals surface area contributed by atoms with Gasteiger partial charge in [-0.1, -0.05) is 20.8 Å². The van der Waals surface area contributed by atoms with E-state index in [4.69, 9.17) is 58.9 Å². The molecule has 1 saturated heterocycles. The number of hydrogen-bond donors (Lipinski definition) is 0. The van der Waals surface area contributed by atoms with Crippen LogP contribution < -0.4 is 0 Å². The molecule has 2 atom stereocenters. The van der Waals surface area contributed by atoms with Crippen molar-refractivity contribution in [2.24, 2.45) is 0 Å². The van der Waals surface area contributed by atoms with E-state index < -0.39 is 112 Å². The molecule has 27 heteroatoms. The zero-order chi connectivity index (χ0) is 49.1. The lowest BCUT2D eigenvalue weighted by molar-refractivity contribution is 0.115. The molecule has 372 valence electrons. The Morgan fingerprint density at radius 2 is 0.694 bits per heavy atom. The van der Waals surface area contributed by atoms with Crippen molar-refractivity contribution in [2.45, 2.75) is 208 Å². The van der Waals surface area contributed by atoms with Crippen LogP contribution in [0.15, 0.2) is 0 Å². The second kappa shape index (κ2) is 22.1. The zero-order valence-corrected chi connectivity index (χ0v) is 58.1. The molecular formula is C35H96O14Si13. The van der Waals surface area contributed by atoms with Crippen molar-refractivity contribution < 1.29 is 58.9 Å². The van der Waals surface area contributed by atoms with Gasteiger partial charge in [-0.25, -0.2) is 0 Å². The van der Waals surface area contributed by atoms with Crippen LogP contribution in [-0.2, 0) is 58.9 Å². The maximum absolute atomic E-state index is 6.93. The van der Waals surface area contributed by atoms with Crippen LogP contribution >= 0.6 is 0 Å². The summed E-state index contributed by atoms with van der Waals surface area (Å²) in [6.45, 7) is 61.8. The molecule has 0 aliphatic carbocycles. The van der Waals surface area contributed by atoms with Crippen molar-refractivity contribution in [3.63, 3.8) is 0 Å². The van der Waals surface area contributed by atoms with E-state index in [1.54, 1.807) is 0 Å². The standard InChI is InChI=1S/C35H96O14Si13/c1-35(2,3)51(6,7)39-52(8,9)40-53(10,11)41-54(12,13)42-55(14,15)43-56(16,17)44-57(18,19)45-58(20,21)46-59(22,23)47-60(24,25)48-61(26,27)49-62(28,38-50(4)5)31-29-30-36-32-34-33-37-34/h34,50H,29-33H2,1-28H3. The Labute approximate surface area is 395 Å². The maximum atomic E-state index is 6.93. The van der Waals surface area contributed by atoms with Gasteiger partial charge in [0.25, 0.3) is 0 Å². The van der Waals surface area contributed by atoms with E-state index in [2.05, 4.69) is 184 Å². The van der Waals surface area contributed by atoms with Gasteiger partial charge in [-0.15, -0.1) is 0 Å². The molecule has 14 nitrogen and oxygen atoms in total. The molecule has 0 N–H and O–H groups in total. The SMILES string of the molecule is C[SiH](C)O[Si](C)(CCCOCC1CO1)O[Si](C)(C)O[Si](C)(C)O[Si](C)(C)O[Si](C)(C)O[Si](C)(C)O[Si](C)(C)O[Si](C)(C)O[Si](C)(C)O[Si](C)(C)O[Si](C)(C)O[Si](C)(C)C(C)(C)C. The Kier molecular flexibility index (Phi) is 22.2. The molecule has 1 fully saturated rings. The smallest absolute Gasteiger partial charge is 0.315 e. The van der Waals surface area contributed by atoms with Gasteiger partial charge in [-0.2, -0.15) is 0 Å². The molecule has 2 unspecified atom stereocenters. The first kappa shape index (κ1) is 62.3. The molecule has 0 spiro atoms. The molecular weight excluding hydrogens is 1010 g/mol. The lowest BCUT2D eigenvalue weighted by Crippen LogP contribution is -2.63. The average Bonchev–Trinajstić information content (AvgIpc) is 3.68. The molecule has 62 heavy (non-hydrogen) atoms. The summed E-state index contributed by atoms with van der Waals surface area (Å²) >= 11 is 0. The van der Waals surface area contributed by atoms with Crippen molar-refractivity contribution in [3.8, 4) is 0 Å². The largest absolute Gasteiger partial charge is 0.439 e. The van der Waals surface area contributed by atoms with Crippen molar-refractivity contribution in [2.75, 3.05) is 19.8 Å². The number of epoxide rings is 1. The maximum Gasteiger partial charge on any atom is 0.315 e. The third-order valence-electron chi connectivity index (χ3n) is 9.30. The third-order valence-corrected chi connectivity index (χ3v) is 61.2. The van der Waals surface area contributed by atoms with Crippen LogP contribution in [0.4, 0.5) is 0 Å².